The van der Waals surface area contributed by atoms with Gasteiger partial charge in [-0.2, -0.15) is 13.2 Å². The first kappa shape index (κ1) is 15.8. The molecule has 1 fully saturated rings. The molecule has 3 nitrogen and oxygen atoms in total. The molecule has 2 rings (SSSR count). The van der Waals surface area contributed by atoms with Gasteiger partial charge >= 0.3 is 12.1 Å². The quantitative estimate of drug-likeness (QED) is 0.750. The van der Waals surface area contributed by atoms with E-state index in [9.17, 15) is 22.8 Å². The van der Waals surface area contributed by atoms with Crippen LogP contribution in [-0.4, -0.2) is 28.3 Å². The molecule has 0 spiro atoms. The third-order valence-electron chi connectivity index (χ3n) is 4.45. The van der Waals surface area contributed by atoms with Gasteiger partial charge in [0.15, 0.2) is 5.78 Å². The van der Waals surface area contributed by atoms with Crippen molar-refractivity contribution in [2.24, 2.45) is 5.92 Å². The Labute approximate surface area is 121 Å². The maximum atomic E-state index is 12.9. The number of carbonyl (C=O) groups excluding carboxylic acids is 2. The number of hydrogen-bond donors (Lipinski definition) is 0. The van der Waals surface area contributed by atoms with Crippen molar-refractivity contribution in [2.45, 2.75) is 50.2 Å². The van der Waals surface area contributed by atoms with Gasteiger partial charge in [0.05, 0.1) is 5.54 Å². The van der Waals surface area contributed by atoms with Crippen molar-refractivity contribution in [1.29, 1.82) is 0 Å². The minimum absolute atomic E-state index is 0.176. The lowest BCUT2D eigenvalue weighted by atomic mass is 9.66. The van der Waals surface area contributed by atoms with Crippen molar-refractivity contribution in [3.8, 4) is 0 Å². The molecule has 6 heteroatoms. The predicted octanol–water partition coefficient (Wildman–Crippen LogP) is 3.37. The molecule has 0 N–H and O–H groups in total. The van der Waals surface area contributed by atoms with Crippen LogP contribution in [0.4, 0.5) is 13.2 Å². The molecular formula is C15H18F3NO2. The van der Waals surface area contributed by atoms with Gasteiger partial charge in [-0.3, -0.25) is 9.59 Å². The normalized spacial score (nSPS) is 29.2. The standard InChI is InChI=1S/C15H18F3NO2/c1-2-3-8-14-9-5-4-6-11(14)12(20)7-10-19(14)13(21)15(16,17)18/h2,7,10-11H,1,3-6,8-9H2/t11-,14-/m0/s1. The van der Waals surface area contributed by atoms with Crippen LogP contribution in [0.3, 0.4) is 0 Å². The number of ketones is 1. The molecule has 21 heavy (non-hydrogen) atoms. The fraction of sp³-hybridized carbons (Fsp3) is 0.600. The molecule has 1 saturated carbocycles. The van der Waals surface area contributed by atoms with Crippen LogP contribution >= 0.6 is 0 Å². The summed E-state index contributed by atoms with van der Waals surface area (Å²) in [7, 11) is 0. The van der Waals surface area contributed by atoms with Crippen LogP contribution in [0.1, 0.15) is 38.5 Å². The monoisotopic (exact) mass is 301 g/mol. The summed E-state index contributed by atoms with van der Waals surface area (Å²) in [6.45, 7) is 3.59. The predicted molar refractivity (Wildman–Crippen MR) is 71.2 cm³/mol. The number of rotatable bonds is 3. The van der Waals surface area contributed by atoms with E-state index in [0.717, 1.165) is 30.0 Å². The molecule has 1 heterocycles. The lowest BCUT2D eigenvalue weighted by Gasteiger charge is -2.51. The van der Waals surface area contributed by atoms with Gasteiger partial charge in [0.25, 0.3) is 0 Å². The maximum Gasteiger partial charge on any atom is 0.471 e. The summed E-state index contributed by atoms with van der Waals surface area (Å²) in [5.41, 5.74) is -1.05. The van der Waals surface area contributed by atoms with Gasteiger partial charge in [0, 0.05) is 12.1 Å². The van der Waals surface area contributed by atoms with E-state index in [2.05, 4.69) is 6.58 Å². The van der Waals surface area contributed by atoms with Crippen LogP contribution in [0.2, 0.25) is 0 Å². The molecule has 1 aliphatic carbocycles. The fourth-order valence-corrected chi connectivity index (χ4v) is 3.51. The first-order chi connectivity index (χ1) is 9.83. The largest absolute Gasteiger partial charge is 0.471 e. The Hall–Kier alpha value is -1.59. The van der Waals surface area contributed by atoms with Gasteiger partial charge in [0.1, 0.15) is 0 Å². The topological polar surface area (TPSA) is 37.4 Å². The van der Waals surface area contributed by atoms with Gasteiger partial charge in [-0.25, -0.2) is 0 Å². The average molecular weight is 301 g/mol. The Balaban J connectivity index is 2.44. The number of hydrogen-bond acceptors (Lipinski definition) is 2. The van der Waals surface area contributed by atoms with Crippen LogP contribution in [-0.2, 0) is 9.59 Å². The van der Waals surface area contributed by atoms with Crippen molar-refractivity contribution < 1.29 is 22.8 Å². The summed E-state index contributed by atoms with van der Waals surface area (Å²) in [6.07, 6.45) is 2.07. The summed E-state index contributed by atoms with van der Waals surface area (Å²) in [5, 5.41) is 0. The molecule has 1 amide bonds. The minimum atomic E-state index is -4.94. The van der Waals surface area contributed by atoms with E-state index < -0.39 is 23.5 Å². The average Bonchev–Trinajstić information content (AvgIpc) is 2.44. The lowest BCUT2D eigenvalue weighted by molar-refractivity contribution is -0.192. The zero-order valence-electron chi connectivity index (χ0n) is 11.7. The van der Waals surface area contributed by atoms with E-state index in [1.807, 2.05) is 0 Å². The fourth-order valence-electron chi connectivity index (χ4n) is 3.51. The number of halogens is 3. The SMILES string of the molecule is C=CCC[C@]12CCCC[C@H]1C(=O)C=CN2C(=O)C(F)(F)F. The number of fused-ring (bicyclic) bond motifs is 1. The molecule has 0 aromatic heterocycles. The van der Waals surface area contributed by atoms with Gasteiger partial charge in [-0.05, 0) is 31.8 Å². The Morgan fingerprint density at radius 1 is 1.48 bits per heavy atom. The van der Waals surface area contributed by atoms with Crippen molar-refractivity contribution in [1.82, 2.24) is 4.90 Å². The minimum Gasteiger partial charge on any atom is -0.304 e. The van der Waals surface area contributed by atoms with Crippen LogP contribution in [0.25, 0.3) is 0 Å². The Kier molecular flexibility index (Phi) is 4.25. The van der Waals surface area contributed by atoms with Crippen molar-refractivity contribution in [3.05, 3.63) is 24.9 Å². The molecule has 116 valence electrons. The van der Waals surface area contributed by atoms with Crippen LogP contribution in [0.15, 0.2) is 24.9 Å². The first-order valence-electron chi connectivity index (χ1n) is 7.06. The van der Waals surface area contributed by atoms with Gasteiger partial charge < -0.3 is 4.90 Å². The maximum absolute atomic E-state index is 12.9. The summed E-state index contributed by atoms with van der Waals surface area (Å²) < 4.78 is 38.6. The first-order valence-corrected chi connectivity index (χ1v) is 7.06. The second-order valence-corrected chi connectivity index (χ2v) is 5.62. The highest BCUT2D eigenvalue weighted by Gasteiger charge is 2.55. The summed E-state index contributed by atoms with van der Waals surface area (Å²) >= 11 is 0. The Morgan fingerprint density at radius 3 is 2.81 bits per heavy atom. The molecule has 1 aliphatic heterocycles. The van der Waals surface area contributed by atoms with Crippen molar-refractivity contribution in [3.63, 3.8) is 0 Å². The molecule has 2 aliphatic rings. The van der Waals surface area contributed by atoms with E-state index in [1.54, 1.807) is 6.08 Å². The number of amides is 1. The summed E-state index contributed by atoms with van der Waals surface area (Å²) in [6, 6.07) is 0. The van der Waals surface area contributed by atoms with E-state index in [-0.39, 0.29) is 5.78 Å². The zero-order valence-corrected chi connectivity index (χ0v) is 11.7. The van der Waals surface area contributed by atoms with Crippen LogP contribution < -0.4 is 0 Å². The van der Waals surface area contributed by atoms with Crippen LogP contribution in [0, 0.1) is 5.92 Å². The third kappa shape index (κ3) is 2.76. The smallest absolute Gasteiger partial charge is 0.304 e. The molecule has 0 bridgehead atoms. The second kappa shape index (κ2) is 5.66. The molecular weight excluding hydrogens is 283 g/mol. The van der Waals surface area contributed by atoms with E-state index in [1.165, 1.54) is 0 Å². The van der Waals surface area contributed by atoms with Gasteiger partial charge in [-0.15, -0.1) is 6.58 Å². The molecule has 0 saturated heterocycles. The molecule has 0 radical (unpaired) electrons. The van der Waals surface area contributed by atoms with E-state index in [4.69, 9.17) is 0 Å². The molecule has 0 aromatic carbocycles. The Bertz CT molecular complexity index is 484. The second-order valence-electron chi connectivity index (χ2n) is 5.62. The van der Waals surface area contributed by atoms with E-state index >= 15 is 0 Å². The zero-order chi connectivity index (χ0) is 15.7. The van der Waals surface area contributed by atoms with Crippen molar-refractivity contribution in [2.75, 3.05) is 0 Å². The lowest BCUT2D eigenvalue weighted by Crippen LogP contribution is -2.61. The number of allylic oxidation sites excluding steroid dienone is 2. The van der Waals surface area contributed by atoms with Crippen LogP contribution in [0.5, 0.6) is 0 Å². The van der Waals surface area contributed by atoms with Crippen molar-refractivity contribution >= 4 is 11.7 Å². The molecule has 0 aromatic rings. The number of carbonyl (C=O) groups is 2. The molecule has 2 atom stereocenters. The highest BCUT2D eigenvalue weighted by Crippen LogP contribution is 2.46. The van der Waals surface area contributed by atoms with Gasteiger partial charge in [0.2, 0.25) is 0 Å². The third-order valence-corrected chi connectivity index (χ3v) is 4.45. The number of alkyl halides is 3. The summed E-state index contributed by atoms with van der Waals surface area (Å²) in [4.78, 5) is 24.6. The number of nitrogens with zero attached hydrogens (tertiary/aromatic N) is 1. The van der Waals surface area contributed by atoms with Gasteiger partial charge in [-0.1, -0.05) is 18.9 Å². The van der Waals surface area contributed by atoms with E-state index in [0.29, 0.717) is 25.7 Å². The highest BCUT2D eigenvalue weighted by molar-refractivity contribution is 5.96. The summed E-state index contributed by atoms with van der Waals surface area (Å²) in [5.74, 6) is -2.60. The molecule has 0 unspecified atom stereocenters. The Morgan fingerprint density at radius 2 is 2.19 bits per heavy atom. The highest BCUT2D eigenvalue weighted by atomic mass is 19.4.